The zero-order valence-corrected chi connectivity index (χ0v) is 15.5. The van der Waals surface area contributed by atoms with Gasteiger partial charge in [-0.3, -0.25) is 9.59 Å². The van der Waals surface area contributed by atoms with E-state index in [1.54, 1.807) is 42.1 Å². The number of hydrogen-bond acceptors (Lipinski definition) is 5. The van der Waals surface area contributed by atoms with Crippen molar-refractivity contribution in [2.24, 2.45) is 7.05 Å². The lowest BCUT2D eigenvalue weighted by atomic mass is 9.88. The molecule has 0 N–H and O–H groups in total. The van der Waals surface area contributed by atoms with Crippen molar-refractivity contribution in [3.8, 4) is 0 Å². The number of carbonyl (C=O) groups is 3. The van der Waals surface area contributed by atoms with E-state index in [2.05, 4.69) is 14.5 Å². The fourth-order valence-electron chi connectivity index (χ4n) is 2.62. The Morgan fingerprint density at radius 3 is 2.44 bits per heavy atom. The summed E-state index contributed by atoms with van der Waals surface area (Å²) in [5, 5.41) is 0.506. The van der Waals surface area contributed by atoms with Crippen molar-refractivity contribution >= 4 is 34.8 Å². The normalized spacial score (nSPS) is 11.4. The van der Waals surface area contributed by atoms with Gasteiger partial charge in [0.2, 0.25) is 0 Å². The monoisotopic (exact) mass is 388 g/mol. The lowest BCUT2D eigenvalue weighted by Gasteiger charge is -2.15. The molecule has 0 spiro atoms. The van der Waals surface area contributed by atoms with Crippen LogP contribution in [0.2, 0.25) is 5.02 Å². The highest BCUT2D eigenvalue weighted by molar-refractivity contribution is 6.62. The molecule has 27 heavy (non-hydrogen) atoms. The zero-order chi connectivity index (χ0) is 20.0. The molecule has 0 fully saturated rings. The third-order valence-corrected chi connectivity index (χ3v) is 4.27. The summed E-state index contributed by atoms with van der Waals surface area (Å²) in [6.45, 7) is 0. The number of ether oxygens (including phenoxy) is 1. The van der Waals surface area contributed by atoms with E-state index in [9.17, 15) is 14.4 Å². The Morgan fingerprint density at radius 1 is 1.26 bits per heavy atom. The second-order valence-corrected chi connectivity index (χ2v) is 6.24. The number of ketones is 2. The van der Waals surface area contributed by atoms with E-state index in [4.69, 9.17) is 17.1 Å². The molecule has 0 bridgehead atoms. The summed E-state index contributed by atoms with van der Waals surface area (Å²) in [5.41, 5.74) is 8.91. The lowest BCUT2D eigenvalue weighted by molar-refractivity contribution is -0.139. The van der Waals surface area contributed by atoms with E-state index in [0.29, 0.717) is 10.6 Å². The first-order valence-electron chi connectivity index (χ1n) is 7.97. The maximum absolute atomic E-state index is 12.6. The first kappa shape index (κ1) is 20.2. The molecule has 2 rings (SSSR count). The Hall–Kier alpha value is -3.09. The highest BCUT2D eigenvalue weighted by Gasteiger charge is 2.33. The third kappa shape index (κ3) is 4.97. The van der Waals surface area contributed by atoms with Crippen LogP contribution in [0.3, 0.4) is 0 Å². The molecule has 1 aromatic heterocycles. The number of esters is 1. The van der Waals surface area contributed by atoms with Gasteiger partial charge in [0.25, 0.3) is 5.78 Å². The van der Waals surface area contributed by atoms with Crippen LogP contribution in [0, 0.1) is 0 Å². The van der Waals surface area contributed by atoms with Crippen molar-refractivity contribution in [2.75, 3.05) is 7.11 Å². The van der Waals surface area contributed by atoms with Gasteiger partial charge in [0.15, 0.2) is 11.6 Å². The summed E-state index contributed by atoms with van der Waals surface area (Å²) in [6.07, 6.45) is 2.89. The average Bonchev–Trinajstić information content (AvgIpc) is 3.08. The summed E-state index contributed by atoms with van der Waals surface area (Å²) in [6, 6.07) is 6.67. The van der Waals surface area contributed by atoms with Crippen LogP contribution in [0.15, 0.2) is 36.7 Å². The number of Topliss-reactive ketones (excluding diaryl/α,β-unsaturated/α-hetero) is 2. The number of nitrogens with zero attached hydrogens (tertiary/aromatic N) is 4. The fraction of sp³-hybridized carbons (Fsp3) is 0.278. The summed E-state index contributed by atoms with van der Waals surface area (Å²) >= 11 is 5.90. The number of hydrogen-bond donors (Lipinski definition) is 0. The number of rotatable bonds is 8. The van der Waals surface area contributed by atoms with Gasteiger partial charge in [0.05, 0.1) is 7.11 Å². The van der Waals surface area contributed by atoms with Crippen LogP contribution < -0.4 is 0 Å². The second kappa shape index (κ2) is 9.02. The third-order valence-electron chi connectivity index (χ3n) is 4.02. The molecule has 140 valence electrons. The van der Waals surface area contributed by atoms with Crippen LogP contribution in [-0.4, -0.2) is 44.7 Å². The SMILES string of the molecule is COC(=O)C(=[N+]=[N-])C(=O)CC(CC(=O)c1nccn1C)c1ccc(Cl)cc1. The van der Waals surface area contributed by atoms with Gasteiger partial charge in [0, 0.05) is 37.3 Å². The van der Waals surface area contributed by atoms with E-state index in [1.165, 1.54) is 6.20 Å². The number of carbonyl (C=O) groups excluding carboxylic acids is 3. The molecule has 0 aliphatic heterocycles. The standard InChI is InChI=1S/C18H17ClN4O4/c1-23-8-7-21-17(23)15(25)10-12(11-3-5-13(19)6-4-11)9-14(24)16(22-20)18(26)27-2/h3-8,12H,9-10H2,1-2H3. The van der Waals surface area contributed by atoms with Crippen molar-refractivity contribution in [1.29, 1.82) is 0 Å². The van der Waals surface area contributed by atoms with Gasteiger partial charge >= 0.3 is 11.7 Å². The molecular weight excluding hydrogens is 372 g/mol. The molecule has 0 aliphatic carbocycles. The Balaban J connectivity index is 2.30. The summed E-state index contributed by atoms with van der Waals surface area (Å²) in [4.78, 5) is 43.3. The minimum atomic E-state index is -1.05. The van der Waals surface area contributed by atoms with E-state index >= 15 is 0 Å². The molecule has 0 saturated carbocycles. The quantitative estimate of drug-likeness (QED) is 0.172. The molecular formula is C18H17ClN4O4. The van der Waals surface area contributed by atoms with Gasteiger partial charge in [-0.2, -0.15) is 4.79 Å². The molecule has 0 radical (unpaired) electrons. The molecule has 1 aromatic carbocycles. The first-order valence-corrected chi connectivity index (χ1v) is 8.34. The predicted octanol–water partition coefficient (Wildman–Crippen LogP) is 2.23. The predicted molar refractivity (Wildman–Crippen MR) is 96.6 cm³/mol. The Labute approximate surface area is 160 Å². The first-order chi connectivity index (χ1) is 12.9. The van der Waals surface area contributed by atoms with Crippen LogP contribution in [0.4, 0.5) is 0 Å². The van der Waals surface area contributed by atoms with E-state index in [1.807, 2.05) is 0 Å². The van der Waals surface area contributed by atoms with E-state index < -0.39 is 23.4 Å². The molecule has 1 heterocycles. The van der Waals surface area contributed by atoms with Crippen molar-refractivity contribution in [2.45, 2.75) is 18.8 Å². The van der Waals surface area contributed by atoms with Crippen molar-refractivity contribution in [3.05, 3.63) is 58.6 Å². The van der Waals surface area contributed by atoms with Gasteiger partial charge in [0.1, 0.15) is 0 Å². The Morgan fingerprint density at radius 2 is 1.93 bits per heavy atom. The van der Waals surface area contributed by atoms with Gasteiger partial charge in [-0.1, -0.05) is 23.7 Å². The van der Waals surface area contributed by atoms with Crippen molar-refractivity contribution in [1.82, 2.24) is 9.55 Å². The maximum Gasteiger partial charge on any atom is 0.441 e. The smallest absolute Gasteiger partial charge is 0.441 e. The van der Waals surface area contributed by atoms with Crippen LogP contribution in [0.1, 0.15) is 34.9 Å². The number of benzene rings is 1. The highest BCUT2D eigenvalue weighted by atomic mass is 35.5. The largest absolute Gasteiger partial charge is 0.460 e. The number of halogens is 1. The highest BCUT2D eigenvalue weighted by Crippen LogP contribution is 2.27. The Kier molecular flexibility index (Phi) is 6.76. The molecule has 0 saturated heterocycles. The van der Waals surface area contributed by atoms with E-state index in [0.717, 1.165) is 7.11 Å². The van der Waals surface area contributed by atoms with Crippen LogP contribution in [-0.2, 0) is 21.4 Å². The minimum Gasteiger partial charge on any atom is -0.460 e. The topological polar surface area (TPSA) is 115 Å². The van der Waals surface area contributed by atoms with Crippen LogP contribution >= 0.6 is 11.6 Å². The fourth-order valence-corrected chi connectivity index (χ4v) is 2.75. The number of methoxy groups -OCH3 is 1. The number of aryl methyl sites for hydroxylation is 1. The Bertz CT molecular complexity index is 914. The average molecular weight is 389 g/mol. The second-order valence-electron chi connectivity index (χ2n) is 5.81. The zero-order valence-electron chi connectivity index (χ0n) is 14.8. The molecule has 9 heteroatoms. The molecule has 1 atom stereocenters. The molecule has 8 nitrogen and oxygen atoms in total. The van der Waals surface area contributed by atoms with Gasteiger partial charge in [-0.15, -0.1) is 0 Å². The van der Waals surface area contributed by atoms with Gasteiger partial charge < -0.3 is 14.8 Å². The van der Waals surface area contributed by atoms with Crippen LogP contribution in [0.25, 0.3) is 5.53 Å². The van der Waals surface area contributed by atoms with Crippen molar-refractivity contribution < 1.29 is 23.9 Å². The molecule has 2 aromatic rings. The van der Waals surface area contributed by atoms with Crippen LogP contribution in [0.5, 0.6) is 0 Å². The number of aromatic nitrogens is 2. The summed E-state index contributed by atoms with van der Waals surface area (Å²) < 4.78 is 6.02. The van der Waals surface area contributed by atoms with Gasteiger partial charge in [-0.05, 0) is 23.6 Å². The minimum absolute atomic E-state index is 0.0297. The summed E-state index contributed by atoms with van der Waals surface area (Å²) in [7, 11) is 2.76. The lowest BCUT2D eigenvalue weighted by Crippen LogP contribution is -2.28. The summed E-state index contributed by atoms with van der Waals surface area (Å²) in [5.74, 6) is -2.37. The van der Waals surface area contributed by atoms with Gasteiger partial charge in [-0.25, -0.2) is 9.78 Å². The molecule has 0 amide bonds. The molecule has 0 aliphatic rings. The number of imidazole rings is 1. The molecule has 1 unspecified atom stereocenters. The maximum atomic E-state index is 12.6. The van der Waals surface area contributed by atoms with E-state index in [-0.39, 0.29) is 24.4 Å². The van der Waals surface area contributed by atoms with Crippen molar-refractivity contribution in [3.63, 3.8) is 0 Å².